The first kappa shape index (κ1) is 27.0. The molecule has 0 radical (unpaired) electrons. The second kappa shape index (κ2) is 21.1. The minimum atomic E-state index is -0.121. The normalized spacial score (nSPS) is 8.38. The van der Waals surface area contributed by atoms with Crippen LogP contribution in [-0.2, 0) is 20.9 Å². The second-order valence-electron chi connectivity index (χ2n) is 5.31. The van der Waals surface area contributed by atoms with Crippen molar-refractivity contribution in [2.45, 2.75) is 40.7 Å². The Morgan fingerprint density at radius 3 is 1.92 bits per heavy atom. The molecular weight excluding hydrogens is 304 g/mol. The summed E-state index contributed by atoms with van der Waals surface area (Å²) in [5, 5.41) is 2.75. The van der Waals surface area contributed by atoms with Crippen molar-refractivity contribution < 1.29 is 14.3 Å². The van der Waals surface area contributed by atoms with Crippen LogP contribution in [0.4, 0.5) is 0 Å². The molecule has 0 aliphatic rings. The topological polar surface area (TPSA) is 58.6 Å². The van der Waals surface area contributed by atoms with Gasteiger partial charge in [-0.1, -0.05) is 58.0 Å². The number of hydrogen-bond donors (Lipinski definition) is 1. The van der Waals surface area contributed by atoms with Gasteiger partial charge in [0, 0.05) is 20.5 Å². The first-order valence-electron chi connectivity index (χ1n) is 8.27. The zero-order valence-corrected chi connectivity index (χ0v) is 16.6. The summed E-state index contributed by atoms with van der Waals surface area (Å²) in [4.78, 5) is 22.1. The molecular formula is C19H36N2O3. The van der Waals surface area contributed by atoms with Gasteiger partial charge in [-0.2, -0.15) is 0 Å². The Kier molecular flexibility index (Phi) is 23.8. The van der Waals surface area contributed by atoms with Crippen LogP contribution in [0.25, 0.3) is 0 Å². The number of benzene rings is 1. The lowest BCUT2D eigenvalue weighted by Crippen LogP contribution is -2.07. The largest absolute Gasteiger partial charge is 0.461 e. The molecule has 0 heterocycles. The summed E-state index contributed by atoms with van der Waals surface area (Å²) in [5.41, 5.74) is 1.03. The fraction of sp³-hybridized carbons (Fsp3) is 0.579. The third-order valence-corrected chi connectivity index (χ3v) is 2.03. The van der Waals surface area contributed by atoms with Crippen LogP contribution in [0.2, 0.25) is 0 Å². The third kappa shape index (κ3) is 25.1. The number of ether oxygens (including phenoxy) is 1. The van der Waals surface area contributed by atoms with Crippen LogP contribution in [0.15, 0.2) is 30.3 Å². The molecule has 1 N–H and O–H groups in total. The molecule has 0 atom stereocenters. The first-order chi connectivity index (χ1) is 11.4. The van der Waals surface area contributed by atoms with E-state index in [0.29, 0.717) is 18.9 Å². The summed E-state index contributed by atoms with van der Waals surface area (Å²) in [6.45, 7) is 8.39. The maximum atomic E-state index is 11.2. The summed E-state index contributed by atoms with van der Waals surface area (Å²) >= 11 is 0. The molecule has 1 aromatic rings. The molecule has 24 heavy (non-hydrogen) atoms. The number of nitrogens with zero attached hydrogens (tertiary/aromatic N) is 1. The van der Waals surface area contributed by atoms with Gasteiger partial charge in [-0.15, -0.1) is 0 Å². The predicted molar refractivity (Wildman–Crippen MR) is 102 cm³/mol. The highest BCUT2D eigenvalue weighted by Gasteiger charge is 2.05. The lowest BCUT2D eigenvalue weighted by Gasteiger charge is -2.06. The molecule has 0 bridgehead atoms. The van der Waals surface area contributed by atoms with E-state index in [-0.39, 0.29) is 5.97 Å². The van der Waals surface area contributed by atoms with Gasteiger partial charge in [-0.05, 0) is 25.6 Å². The average Bonchev–Trinajstić information content (AvgIpc) is 2.56. The van der Waals surface area contributed by atoms with Crippen molar-refractivity contribution in [2.24, 2.45) is 5.92 Å². The standard InChI is InChI=1S/C12H16O2.C3H7NO.C2H7N.C2H6/c1-10(2)8-12(13)14-9-11-6-4-3-5-7-11;1-4(2)3-5;1-3-2;1-2/h3-7,10H,8-9H2,1-2H3;3H,1-2H3;3H,1-2H3;1-2H3. The van der Waals surface area contributed by atoms with Crippen LogP contribution in [0.3, 0.4) is 0 Å². The molecule has 0 aromatic heterocycles. The van der Waals surface area contributed by atoms with E-state index in [2.05, 4.69) is 5.32 Å². The van der Waals surface area contributed by atoms with Gasteiger partial charge in [0.25, 0.3) is 0 Å². The fourth-order valence-corrected chi connectivity index (χ4v) is 1.13. The SMILES string of the molecule is CC.CC(C)CC(=O)OCc1ccccc1.CN(C)C=O.CNC. The number of esters is 1. The quantitative estimate of drug-likeness (QED) is 0.660. The van der Waals surface area contributed by atoms with Crippen molar-refractivity contribution in [3.05, 3.63) is 35.9 Å². The molecule has 0 saturated heterocycles. The average molecular weight is 341 g/mol. The number of nitrogens with one attached hydrogen (secondary N) is 1. The van der Waals surface area contributed by atoms with Crippen molar-refractivity contribution in [1.82, 2.24) is 10.2 Å². The molecule has 140 valence electrons. The minimum Gasteiger partial charge on any atom is -0.461 e. The van der Waals surface area contributed by atoms with Gasteiger partial charge in [0.05, 0.1) is 0 Å². The van der Waals surface area contributed by atoms with Gasteiger partial charge in [-0.25, -0.2) is 0 Å². The van der Waals surface area contributed by atoms with Crippen LogP contribution in [0.1, 0.15) is 39.7 Å². The summed E-state index contributed by atoms with van der Waals surface area (Å²) < 4.78 is 5.10. The highest BCUT2D eigenvalue weighted by molar-refractivity contribution is 5.69. The molecule has 1 aromatic carbocycles. The minimum absolute atomic E-state index is 0.121. The number of hydrogen-bond acceptors (Lipinski definition) is 4. The van der Waals surface area contributed by atoms with Crippen molar-refractivity contribution in [3.63, 3.8) is 0 Å². The van der Waals surface area contributed by atoms with Crippen molar-refractivity contribution >= 4 is 12.4 Å². The van der Waals surface area contributed by atoms with Gasteiger partial charge < -0.3 is 15.0 Å². The maximum absolute atomic E-state index is 11.2. The molecule has 0 spiro atoms. The summed E-state index contributed by atoms with van der Waals surface area (Å²) in [6, 6.07) is 9.71. The Morgan fingerprint density at radius 2 is 1.58 bits per heavy atom. The van der Waals surface area contributed by atoms with Crippen LogP contribution in [0, 0.1) is 5.92 Å². The van der Waals surface area contributed by atoms with Crippen LogP contribution < -0.4 is 5.32 Å². The maximum Gasteiger partial charge on any atom is 0.306 e. The third-order valence-electron chi connectivity index (χ3n) is 2.03. The monoisotopic (exact) mass is 340 g/mol. The van der Waals surface area contributed by atoms with Gasteiger partial charge in [0.1, 0.15) is 6.61 Å². The fourth-order valence-electron chi connectivity index (χ4n) is 1.13. The highest BCUT2D eigenvalue weighted by atomic mass is 16.5. The van der Waals surface area contributed by atoms with Crippen LogP contribution in [0.5, 0.6) is 0 Å². The molecule has 1 rings (SSSR count). The zero-order chi connectivity index (χ0) is 19.4. The summed E-state index contributed by atoms with van der Waals surface area (Å²) in [6.07, 6.45) is 1.24. The Hall–Kier alpha value is -1.88. The molecule has 0 unspecified atom stereocenters. The molecule has 1 amide bonds. The van der Waals surface area contributed by atoms with E-state index in [0.717, 1.165) is 12.0 Å². The number of amides is 1. The van der Waals surface area contributed by atoms with Gasteiger partial charge in [0.15, 0.2) is 0 Å². The molecule has 0 aliphatic carbocycles. The number of carbonyl (C=O) groups is 2. The zero-order valence-electron chi connectivity index (χ0n) is 16.6. The summed E-state index contributed by atoms with van der Waals surface area (Å²) in [5.74, 6) is 0.238. The highest BCUT2D eigenvalue weighted by Crippen LogP contribution is 2.05. The van der Waals surface area contributed by atoms with Gasteiger partial charge in [0.2, 0.25) is 6.41 Å². The number of carbonyl (C=O) groups excluding carboxylic acids is 2. The molecule has 5 heteroatoms. The van der Waals surface area contributed by atoms with Gasteiger partial charge in [-0.3, -0.25) is 9.59 Å². The Labute approximate surface area is 148 Å². The van der Waals surface area contributed by atoms with Crippen LogP contribution >= 0.6 is 0 Å². The van der Waals surface area contributed by atoms with Crippen LogP contribution in [-0.4, -0.2) is 45.5 Å². The van der Waals surface area contributed by atoms with E-state index in [1.54, 1.807) is 14.1 Å². The van der Waals surface area contributed by atoms with Crippen molar-refractivity contribution in [3.8, 4) is 0 Å². The van der Waals surface area contributed by atoms with Crippen molar-refractivity contribution in [1.29, 1.82) is 0 Å². The van der Waals surface area contributed by atoms with Crippen molar-refractivity contribution in [2.75, 3.05) is 28.2 Å². The number of rotatable bonds is 5. The van der Waals surface area contributed by atoms with E-state index >= 15 is 0 Å². The van der Waals surface area contributed by atoms with E-state index in [1.165, 1.54) is 4.90 Å². The second-order valence-corrected chi connectivity index (χ2v) is 5.31. The van der Waals surface area contributed by atoms with Gasteiger partial charge >= 0.3 is 5.97 Å². The molecule has 5 nitrogen and oxygen atoms in total. The lowest BCUT2D eigenvalue weighted by atomic mass is 10.1. The van der Waals surface area contributed by atoms with E-state index in [1.807, 2.05) is 72.1 Å². The van der Waals surface area contributed by atoms with E-state index in [9.17, 15) is 9.59 Å². The lowest BCUT2D eigenvalue weighted by molar-refractivity contribution is -0.145. The first-order valence-corrected chi connectivity index (χ1v) is 8.27. The molecule has 0 fully saturated rings. The van der Waals surface area contributed by atoms with E-state index in [4.69, 9.17) is 4.74 Å². The Morgan fingerprint density at radius 1 is 1.17 bits per heavy atom. The smallest absolute Gasteiger partial charge is 0.306 e. The Balaban J connectivity index is -0.000000368. The molecule has 0 saturated carbocycles. The molecule has 0 aliphatic heterocycles. The van der Waals surface area contributed by atoms with E-state index < -0.39 is 0 Å². The Bertz CT molecular complexity index is 379. The summed E-state index contributed by atoms with van der Waals surface area (Å²) in [7, 11) is 7.12. The predicted octanol–water partition coefficient (Wildman–Crippen LogP) is 3.34.